The summed E-state index contributed by atoms with van der Waals surface area (Å²) in [5.41, 5.74) is 1.91. The van der Waals surface area contributed by atoms with Gasteiger partial charge >= 0.3 is 0 Å². The molecule has 2 atom stereocenters. The monoisotopic (exact) mass is 428 g/mol. The predicted octanol–water partition coefficient (Wildman–Crippen LogP) is 5.04. The van der Waals surface area contributed by atoms with Crippen LogP contribution in [-0.4, -0.2) is 28.0 Å². The number of aromatic nitrogens is 2. The van der Waals surface area contributed by atoms with E-state index in [-0.39, 0.29) is 17.2 Å². The van der Waals surface area contributed by atoms with Gasteiger partial charge in [-0.3, -0.25) is 4.79 Å². The molecule has 0 saturated heterocycles. The predicted molar refractivity (Wildman–Crippen MR) is 119 cm³/mol. The quantitative estimate of drug-likeness (QED) is 0.465. The van der Waals surface area contributed by atoms with Crippen molar-refractivity contribution in [2.75, 3.05) is 11.9 Å². The van der Waals surface area contributed by atoms with E-state index in [1.54, 1.807) is 0 Å². The fourth-order valence-electron chi connectivity index (χ4n) is 2.63. The molecule has 2 aromatic carbocycles. The van der Waals surface area contributed by atoms with Gasteiger partial charge in [0.1, 0.15) is 5.75 Å². The normalized spacial score (nSPS) is 12.8. The molecule has 1 heterocycles. The molecule has 2 unspecified atom stereocenters. The van der Waals surface area contributed by atoms with Gasteiger partial charge in [0.25, 0.3) is 0 Å². The van der Waals surface area contributed by atoms with Gasteiger partial charge in [-0.25, -0.2) is 0 Å². The van der Waals surface area contributed by atoms with Crippen LogP contribution >= 0.6 is 23.1 Å². The minimum Gasteiger partial charge on any atom is -0.492 e. The van der Waals surface area contributed by atoms with Crippen LogP contribution in [-0.2, 0) is 4.79 Å². The first-order chi connectivity index (χ1) is 14.1. The Labute approximate surface area is 179 Å². The second-order valence-corrected chi connectivity index (χ2v) is 8.89. The molecule has 29 heavy (non-hydrogen) atoms. The van der Waals surface area contributed by atoms with Crippen LogP contribution in [0.1, 0.15) is 32.4 Å². The lowest BCUT2D eigenvalue weighted by Gasteiger charge is -2.17. The van der Waals surface area contributed by atoms with E-state index in [0.717, 1.165) is 21.3 Å². The molecule has 152 valence electrons. The Morgan fingerprint density at radius 3 is 2.59 bits per heavy atom. The first-order valence-corrected chi connectivity index (χ1v) is 11.1. The number of thioether (sulfide) groups is 1. The molecule has 0 aliphatic carbocycles. The van der Waals surface area contributed by atoms with Crippen molar-refractivity contribution in [2.45, 2.75) is 36.4 Å². The molecular weight excluding hydrogens is 404 g/mol. The smallest absolute Gasteiger partial charge is 0.233 e. The summed E-state index contributed by atoms with van der Waals surface area (Å²) in [6.07, 6.45) is 0. The number of rotatable bonds is 9. The Morgan fingerprint density at radius 1 is 1.10 bits per heavy atom. The van der Waals surface area contributed by atoms with E-state index < -0.39 is 0 Å². The number of carbonyl (C=O) groups is 1. The molecule has 2 N–H and O–H groups in total. The highest BCUT2D eigenvalue weighted by atomic mass is 32.2. The third kappa shape index (κ3) is 5.95. The zero-order valence-corrected chi connectivity index (χ0v) is 18.2. The van der Waals surface area contributed by atoms with Crippen molar-refractivity contribution in [2.24, 2.45) is 0 Å². The van der Waals surface area contributed by atoms with Gasteiger partial charge < -0.3 is 15.4 Å². The summed E-state index contributed by atoms with van der Waals surface area (Å²) in [6, 6.07) is 17.6. The molecule has 0 aliphatic rings. The third-order valence-electron chi connectivity index (χ3n) is 4.14. The summed E-state index contributed by atoms with van der Waals surface area (Å²) in [7, 11) is 0. The van der Waals surface area contributed by atoms with E-state index in [4.69, 9.17) is 4.74 Å². The highest BCUT2D eigenvalue weighted by Crippen LogP contribution is 2.33. The molecule has 3 aromatic rings. The van der Waals surface area contributed by atoms with Gasteiger partial charge in [-0.1, -0.05) is 65.6 Å². The molecule has 0 saturated carbocycles. The highest BCUT2D eigenvalue weighted by molar-refractivity contribution is 8.02. The van der Waals surface area contributed by atoms with Crippen molar-refractivity contribution in [3.63, 3.8) is 0 Å². The molecule has 0 bridgehead atoms. The maximum Gasteiger partial charge on any atom is 0.233 e. The Bertz CT molecular complexity index is 933. The van der Waals surface area contributed by atoms with E-state index in [1.165, 1.54) is 23.1 Å². The average Bonchev–Trinajstić information content (AvgIpc) is 3.17. The molecule has 1 amide bonds. The summed E-state index contributed by atoms with van der Waals surface area (Å²) >= 11 is 2.81. The van der Waals surface area contributed by atoms with Crippen LogP contribution in [0.4, 0.5) is 10.8 Å². The lowest BCUT2D eigenvalue weighted by atomic mass is 10.1. The lowest BCUT2D eigenvalue weighted by Crippen LogP contribution is -2.33. The Kier molecular flexibility index (Phi) is 7.48. The minimum atomic E-state index is -0.280. The highest BCUT2D eigenvalue weighted by Gasteiger charge is 2.19. The SMILES string of the molecule is CCOc1ccccc1Nc1nnc(SC(C)C(=O)NC(C)c2ccccc2)s1. The van der Waals surface area contributed by atoms with Gasteiger partial charge in [-0.05, 0) is 38.5 Å². The fourth-order valence-corrected chi connectivity index (χ4v) is 4.55. The molecule has 0 radical (unpaired) electrons. The fraction of sp³-hybridized carbons (Fsp3) is 0.286. The largest absolute Gasteiger partial charge is 0.492 e. The van der Waals surface area contributed by atoms with Crippen molar-refractivity contribution in [1.82, 2.24) is 15.5 Å². The molecule has 1 aromatic heterocycles. The Hall–Kier alpha value is -2.58. The Morgan fingerprint density at radius 2 is 1.83 bits per heavy atom. The third-order valence-corrected chi connectivity index (χ3v) is 6.16. The van der Waals surface area contributed by atoms with E-state index >= 15 is 0 Å². The first kappa shape index (κ1) is 21.1. The summed E-state index contributed by atoms with van der Waals surface area (Å²) in [5.74, 6) is 0.736. The van der Waals surface area contributed by atoms with E-state index in [2.05, 4.69) is 20.8 Å². The average molecular weight is 429 g/mol. The summed E-state index contributed by atoms with van der Waals surface area (Å²) in [6.45, 7) is 6.38. The minimum absolute atomic E-state index is 0.0299. The summed E-state index contributed by atoms with van der Waals surface area (Å²) < 4.78 is 6.35. The number of para-hydroxylation sites is 2. The molecule has 0 aliphatic heterocycles. The Balaban J connectivity index is 1.57. The maximum absolute atomic E-state index is 12.5. The standard InChI is InChI=1S/C21H24N4O2S2/c1-4-27-18-13-9-8-12-17(18)23-20-24-25-21(29-20)28-15(3)19(26)22-14(2)16-10-6-5-7-11-16/h5-15H,4H2,1-3H3,(H,22,26)(H,23,24). The van der Waals surface area contributed by atoms with Gasteiger partial charge in [-0.2, -0.15) is 0 Å². The molecular formula is C21H24N4O2S2. The van der Waals surface area contributed by atoms with Crippen molar-refractivity contribution in [1.29, 1.82) is 0 Å². The molecule has 0 spiro atoms. The maximum atomic E-state index is 12.5. The van der Waals surface area contributed by atoms with Crippen LogP contribution < -0.4 is 15.4 Å². The second-order valence-electron chi connectivity index (χ2n) is 6.33. The van der Waals surface area contributed by atoms with Gasteiger partial charge in [-0.15, -0.1) is 10.2 Å². The second kappa shape index (κ2) is 10.3. The zero-order valence-electron chi connectivity index (χ0n) is 16.6. The number of nitrogens with zero attached hydrogens (tertiary/aromatic N) is 2. The van der Waals surface area contributed by atoms with Gasteiger partial charge in [0.2, 0.25) is 11.0 Å². The molecule has 0 fully saturated rings. The number of carbonyl (C=O) groups excluding carboxylic acids is 1. The van der Waals surface area contributed by atoms with Crippen molar-refractivity contribution in [3.05, 3.63) is 60.2 Å². The van der Waals surface area contributed by atoms with E-state index in [1.807, 2.05) is 75.4 Å². The summed E-state index contributed by atoms with van der Waals surface area (Å²) in [4.78, 5) is 12.5. The van der Waals surface area contributed by atoms with Crippen LogP contribution in [0.25, 0.3) is 0 Å². The van der Waals surface area contributed by atoms with Crippen LogP contribution in [0.15, 0.2) is 58.9 Å². The van der Waals surface area contributed by atoms with Crippen LogP contribution in [0.5, 0.6) is 5.75 Å². The van der Waals surface area contributed by atoms with E-state index in [9.17, 15) is 4.79 Å². The number of hydrogen-bond donors (Lipinski definition) is 2. The number of amides is 1. The first-order valence-electron chi connectivity index (χ1n) is 9.41. The number of hydrogen-bond acceptors (Lipinski definition) is 7. The van der Waals surface area contributed by atoms with Crippen molar-refractivity contribution >= 4 is 39.8 Å². The zero-order chi connectivity index (χ0) is 20.6. The topological polar surface area (TPSA) is 76.1 Å². The van der Waals surface area contributed by atoms with Gasteiger partial charge in [0.05, 0.1) is 23.6 Å². The summed E-state index contributed by atoms with van der Waals surface area (Å²) in [5, 5.41) is 15.0. The molecule has 8 heteroatoms. The number of benzene rings is 2. The van der Waals surface area contributed by atoms with Gasteiger partial charge in [0, 0.05) is 0 Å². The molecule has 3 rings (SSSR count). The van der Waals surface area contributed by atoms with Crippen molar-refractivity contribution in [3.8, 4) is 5.75 Å². The van der Waals surface area contributed by atoms with Crippen LogP contribution in [0.3, 0.4) is 0 Å². The molecule has 6 nitrogen and oxygen atoms in total. The lowest BCUT2D eigenvalue weighted by molar-refractivity contribution is -0.120. The number of anilines is 2. The van der Waals surface area contributed by atoms with Crippen LogP contribution in [0.2, 0.25) is 0 Å². The number of ether oxygens (including phenoxy) is 1. The number of nitrogens with one attached hydrogen (secondary N) is 2. The van der Waals surface area contributed by atoms with Gasteiger partial charge in [0.15, 0.2) is 4.34 Å². The van der Waals surface area contributed by atoms with E-state index in [0.29, 0.717) is 11.7 Å². The van der Waals surface area contributed by atoms with Crippen LogP contribution in [0, 0.1) is 0 Å². The van der Waals surface area contributed by atoms with Crippen molar-refractivity contribution < 1.29 is 9.53 Å².